The first kappa shape index (κ1) is 15.3. The quantitative estimate of drug-likeness (QED) is 0.849. The van der Waals surface area contributed by atoms with Gasteiger partial charge in [0.2, 0.25) is 0 Å². The van der Waals surface area contributed by atoms with Crippen molar-refractivity contribution in [3.05, 3.63) is 18.0 Å². The molecule has 1 aliphatic heterocycles. The van der Waals surface area contributed by atoms with Crippen LogP contribution in [0.1, 0.15) is 30.3 Å². The second-order valence-corrected chi connectivity index (χ2v) is 7.21. The molecule has 2 rings (SSSR count). The number of ether oxygens (including phenoxy) is 1. The lowest BCUT2D eigenvalue weighted by Gasteiger charge is -2.23. The molecule has 8 heteroatoms. The van der Waals surface area contributed by atoms with Crippen LogP contribution in [0.3, 0.4) is 0 Å². The number of nitrogens with zero attached hydrogens (tertiary/aromatic N) is 1. The van der Waals surface area contributed by atoms with E-state index in [0.29, 0.717) is 25.5 Å². The minimum Gasteiger partial charge on any atom is -0.381 e. The fraction of sp³-hybridized carbons (Fsp3) is 0.583. The highest BCUT2D eigenvalue weighted by Gasteiger charge is 2.22. The molecule has 0 atom stereocenters. The van der Waals surface area contributed by atoms with Crippen LogP contribution in [0.2, 0.25) is 0 Å². The van der Waals surface area contributed by atoms with E-state index in [1.807, 2.05) is 6.92 Å². The molecule has 1 aromatic heterocycles. The Morgan fingerprint density at radius 2 is 2.15 bits per heavy atom. The summed E-state index contributed by atoms with van der Waals surface area (Å²) in [7, 11) is 1.48. The minimum absolute atomic E-state index is 0.0573. The van der Waals surface area contributed by atoms with E-state index in [-0.39, 0.29) is 16.8 Å². The van der Waals surface area contributed by atoms with Crippen molar-refractivity contribution in [1.29, 1.82) is 0 Å². The summed E-state index contributed by atoms with van der Waals surface area (Å²) in [5.74, 6) is -0.287. The van der Waals surface area contributed by atoms with Gasteiger partial charge in [-0.1, -0.05) is 0 Å². The maximum absolute atomic E-state index is 12.2. The van der Waals surface area contributed by atoms with E-state index in [4.69, 9.17) is 15.4 Å². The van der Waals surface area contributed by atoms with Crippen LogP contribution in [-0.2, 0) is 20.3 Å². The van der Waals surface area contributed by atoms with Gasteiger partial charge < -0.3 is 14.6 Å². The number of aryl methyl sites for hydroxylation is 1. The lowest BCUT2D eigenvalue weighted by atomic mass is 10.1. The number of carbonyl (C=O) groups excluding carboxylic acids is 1. The van der Waals surface area contributed by atoms with Gasteiger partial charge in [0, 0.05) is 42.7 Å². The van der Waals surface area contributed by atoms with Crippen molar-refractivity contribution in [2.75, 3.05) is 13.2 Å². The van der Waals surface area contributed by atoms with Gasteiger partial charge in [-0.25, -0.2) is 8.42 Å². The summed E-state index contributed by atoms with van der Waals surface area (Å²) in [6, 6.07) is 1.37. The minimum atomic E-state index is -3.83. The average Bonchev–Trinajstić information content (AvgIpc) is 2.84. The van der Waals surface area contributed by atoms with E-state index in [0.717, 1.165) is 12.8 Å². The zero-order valence-electron chi connectivity index (χ0n) is 11.1. The van der Waals surface area contributed by atoms with Crippen LogP contribution >= 0.6 is 10.7 Å². The summed E-state index contributed by atoms with van der Waals surface area (Å²) >= 11 is 0. The van der Waals surface area contributed by atoms with Gasteiger partial charge in [-0.3, -0.25) is 4.79 Å². The summed E-state index contributed by atoms with van der Waals surface area (Å²) in [6.45, 7) is 3.57. The molecule has 0 bridgehead atoms. The van der Waals surface area contributed by atoms with Crippen molar-refractivity contribution < 1.29 is 17.9 Å². The zero-order valence-corrected chi connectivity index (χ0v) is 12.7. The van der Waals surface area contributed by atoms with Gasteiger partial charge in [-0.15, -0.1) is 0 Å². The van der Waals surface area contributed by atoms with Crippen molar-refractivity contribution in [2.45, 2.75) is 37.2 Å². The van der Waals surface area contributed by atoms with Gasteiger partial charge in [0.05, 0.1) is 0 Å². The molecule has 0 aliphatic carbocycles. The first-order valence-corrected chi connectivity index (χ1v) is 8.76. The molecule has 1 aliphatic rings. The standard InChI is InChI=1S/C12H17ClN2O4S/c1-2-15-8-10(20(13,17)18)7-11(15)12(16)14-9-3-5-19-6-4-9/h7-9H,2-6H2,1H3,(H,14,16). The van der Waals surface area contributed by atoms with E-state index in [2.05, 4.69) is 5.32 Å². The second-order valence-electron chi connectivity index (χ2n) is 4.65. The molecule has 0 unspecified atom stereocenters. The van der Waals surface area contributed by atoms with Crippen LogP contribution in [0.5, 0.6) is 0 Å². The Morgan fingerprint density at radius 3 is 2.70 bits per heavy atom. The van der Waals surface area contributed by atoms with Gasteiger partial charge in [0.15, 0.2) is 0 Å². The number of hydrogen-bond acceptors (Lipinski definition) is 4. The third kappa shape index (κ3) is 3.53. The van der Waals surface area contributed by atoms with E-state index in [1.165, 1.54) is 12.3 Å². The molecule has 0 radical (unpaired) electrons. The number of amides is 1. The Bertz CT molecular complexity index is 591. The number of rotatable bonds is 4. The molecule has 112 valence electrons. The molecule has 0 aromatic carbocycles. The number of halogens is 1. The van der Waals surface area contributed by atoms with Gasteiger partial charge in [-0.2, -0.15) is 0 Å². The van der Waals surface area contributed by atoms with E-state index in [1.54, 1.807) is 4.57 Å². The zero-order chi connectivity index (χ0) is 14.8. The molecular formula is C12H17ClN2O4S. The van der Waals surface area contributed by atoms with E-state index in [9.17, 15) is 13.2 Å². The van der Waals surface area contributed by atoms with Crippen molar-refractivity contribution in [2.24, 2.45) is 0 Å². The number of carbonyl (C=O) groups is 1. The topological polar surface area (TPSA) is 77.4 Å². The summed E-state index contributed by atoms with van der Waals surface area (Å²) in [5.41, 5.74) is 0.304. The van der Waals surface area contributed by atoms with Gasteiger partial charge in [-0.05, 0) is 25.8 Å². The van der Waals surface area contributed by atoms with Crippen LogP contribution in [0.4, 0.5) is 0 Å². The molecule has 1 saturated heterocycles. The van der Waals surface area contributed by atoms with E-state index >= 15 is 0 Å². The molecule has 2 heterocycles. The Morgan fingerprint density at radius 1 is 1.50 bits per heavy atom. The van der Waals surface area contributed by atoms with Crippen molar-refractivity contribution >= 4 is 25.6 Å². The Labute approximate surface area is 122 Å². The normalized spacial score (nSPS) is 17.1. The molecule has 6 nitrogen and oxygen atoms in total. The summed E-state index contributed by atoms with van der Waals surface area (Å²) in [4.78, 5) is 12.2. The SMILES string of the molecule is CCn1cc(S(=O)(=O)Cl)cc1C(=O)NC1CCOCC1. The molecule has 0 saturated carbocycles. The largest absolute Gasteiger partial charge is 0.381 e. The molecule has 1 N–H and O–H groups in total. The average molecular weight is 321 g/mol. The number of nitrogens with one attached hydrogen (secondary N) is 1. The van der Waals surface area contributed by atoms with Crippen LogP contribution in [-0.4, -0.2) is 38.1 Å². The Kier molecular flexibility index (Phi) is 4.72. The smallest absolute Gasteiger partial charge is 0.268 e. The highest BCUT2D eigenvalue weighted by Crippen LogP contribution is 2.19. The first-order chi connectivity index (χ1) is 9.41. The fourth-order valence-corrected chi connectivity index (χ4v) is 2.93. The maximum atomic E-state index is 12.2. The number of hydrogen-bond donors (Lipinski definition) is 1. The molecule has 1 amide bonds. The molecular weight excluding hydrogens is 304 g/mol. The lowest BCUT2D eigenvalue weighted by molar-refractivity contribution is 0.0692. The summed E-state index contributed by atoms with van der Waals surface area (Å²) in [5, 5.41) is 2.90. The third-order valence-corrected chi connectivity index (χ3v) is 4.60. The second kappa shape index (κ2) is 6.15. The van der Waals surface area contributed by atoms with Gasteiger partial charge in [0.25, 0.3) is 15.0 Å². The predicted octanol–water partition coefficient (Wildman–Crippen LogP) is 1.34. The van der Waals surface area contributed by atoms with Crippen molar-refractivity contribution in [3.8, 4) is 0 Å². The fourth-order valence-electron chi connectivity index (χ4n) is 2.17. The Hall–Kier alpha value is -1.05. The van der Waals surface area contributed by atoms with Crippen LogP contribution < -0.4 is 5.32 Å². The molecule has 20 heavy (non-hydrogen) atoms. The van der Waals surface area contributed by atoms with Crippen molar-refractivity contribution in [3.63, 3.8) is 0 Å². The number of aromatic nitrogens is 1. The van der Waals surface area contributed by atoms with Crippen LogP contribution in [0.15, 0.2) is 17.2 Å². The summed E-state index contributed by atoms with van der Waals surface area (Å²) in [6.07, 6.45) is 2.90. The third-order valence-electron chi connectivity index (χ3n) is 3.28. The summed E-state index contributed by atoms with van der Waals surface area (Å²) < 4.78 is 29.5. The highest BCUT2D eigenvalue weighted by atomic mass is 35.7. The monoisotopic (exact) mass is 320 g/mol. The van der Waals surface area contributed by atoms with E-state index < -0.39 is 9.05 Å². The predicted molar refractivity (Wildman–Crippen MR) is 74.5 cm³/mol. The lowest BCUT2D eigenvalue weighted by Crippen LogP contribution is -2.39. The maximum Gasteiger partial charge on any atom is 0.268 e. The van der Waals surface area contributed by atoms with Gasteiger partial charge in [0.1, 0.15) is 10.6 Å². The van der Waals surface area contributed by atoms with Crippen LogP contribution in [0, 0.1) is 0 Å². The van der Waals surface area contributed by atoms with Gasteiger partial charge >= 0.3 is 0 Å². The van der Waals surface area contributed by atoms with Crippen LogP contribution in [0.25, 0.3) is 0 Å². The first-order valence-electron chi connectivity index (χ1n) is 6.45. The molecule has 0 spiro atoms. The van der Waals surface area contributed by atoms with Crippen molar-refractivity contribution in [1.82, 2.24) is 9.88 Å². The highest BCUT2D eigenvalue weighted by molar-refractivity contribution is 8.13. The Balaban J connectivity index is 2.18. The molecule has 1 fully saturated rings. The molecule has 1 aromatic rings.